The van der Waals surface area contributed by atoms with Crippen LogP contribution in [0.4, 0.5) is 0 Å². The van der Waals surface area contributed by atoms with Gasteiger partial charge in [0.25, 0.3) is 0 Å². The van der Waals surface area contributed by atoms with E-state index in [0.29, 0.717) is 0 Å². The Balaban J connectivity index is 0.000000963. The third-order valence-electron chi connectivity index (χ3n) is 7.15. The van der Waals surface area contributed by atoms with Gasteiger partial charge in [0.1, 0.15) is 0 Å². The van der Waals surface area contributed by atoms with Crippen molar-refractivity contribution >= 4 is 0 Å². The fourth-order valence-electron chi connectivity index (χ4n) is 5.41. The van der Waals surface area contributed by atoms with Gasteiger partial charge in [0, 0.05) is 0 Å². The van der Waals surface area contributed by atoms with Crippen molar-refractivity contribution in [1.82, 2.24) is 0 Å². The normalized spacial score (nSPS) is 11.8. The largest absolute Gasteiger partial charge is 2.00 e. The van der Waals surface area contributed by atoms with Gasteiger partial charge in [-0.05, 0) is 99.9 Å². The van der Waals surface area contributed by atoms with Gasteiger partial charge in [-0.25, -0.2) is 0 Å². The Morgan fingerprint density at radius 3 is 1.38 bits per heavy atom. The molecular formula is C29H24Cl2Zr. The minimum absolute atomic E-state index is 0. The van der Waals surface area contributed by atoms with Crippen molar-refractivity contribution in [2.45, 2.75) is 33.1 Å². The summed E-state index contributed by atoms with van der Waals surface area (Å²) in [5, 5.41) is 0. The van der Waals surface area contributed by atoms with Gasteiger partial charge in [0.15, 0.2) is 0 Å². The second-order valence-electron chi connectivity index (χ2n) is 8.60. The summed E-state index contributed by atoms with van der Waals surface area (Å²) in [4.78, 5) is 0. The smallest absolute Gasteiger partial charge is 1.00 e. The molecule has 0 saturated heterocycles. The van der Waals surface area contributed by atoms with Gasteiger partial charge in [-0.1, -0.05) is 72.8 Å². The van der Waals surface area contributed by atoms with Crippen LogP contribution >= 0.6 is 0 Å². The SMILES string of the molecule is Cc1c(Cc2ccc3c(c2C)Cc2ccccc2-3)ccc2c1Cc1ccccc1-2.[Cl-].[Cl-].[Zr+2]. The fraction of sp³-hybridized carbons (Fsp3) is 0.172. The summed E-state index contributed by atoms with van der Waals surface area (Å²) >= 11 is 0. The number of hydrogen-bond acceptors (Lipinski definition) is 0. The van der Waals surface area contributed by atoms with Crippen molar-refractivity contribution in [3.63, 3.8) is 0 Å². The summed E-state index contributed by atoms with van der Waals surface area (Å²) in [7, 11) is 0. The van der Waals surface area contributed by atoms with Crippen LogP contribution in [0.2, 0.25) is 0 Å². The first-order valence-corrected chi connectivity index (χ1v) is 10.6. The molecule has 4 aromatic carbocycles. The summed E-state index contributed by atoms with van der Waals surface area (Å²) in [5.74, 6) is 0. The van der Waals surface area contributed by atoms with Crippen LogP contribution in [0.25, 0.3) is 22.3 Å². The maximum absolute atomic E-state index is 2.36. The van der Waals surface area contributed by atoms with Crippen molar-refractivity contribution in [3.8, 4) is 22.3 Å². The third kappa shape index (κ3) is 3.83. The molecule has 0 nitrogen and oxygen atoms in total. The van der Waals surface area contributed by atoms with E-state index in [1.54, 1.807) is 0 Å². The van der Waals surface area contributed by atoms with Crippen LogP contribution in [0.1, 0.15) is 44.5 Å². The standard InChI is InChI=1S/C29H24.2ClH.Zr/c1-18-20(11-13-26-24-9-5-3-7-22(24)16-28(18)26)15-21-12-14-27-25-10-6-4-8-23(25)17-29(27)19(21)2;;;/h3-14H,15-17H2,1-2H3;2*1H;/q;;;+2/p-2. The Hall–Kier alpha value is -1.66. The minimum atomic E-state index is 0. The molecule has 2 aliphatic rings. The molecule has 0 unspecified atom stereocenters. The van der Waals surface area contributed by atoms with Crippen LogP contribution in [0.15, 0.2) is 72.8 Å². The van der Waals surface area contributed by atoms with Gasteiger partial charge in [-0.2, -0.15) is 0 Å². The van der Waals surface area contributed by atoms with E-state index < -0.39 is 0 Å². The molecule has 2 aliphatic carbocycles. The van der Waals surface area contributed by atoms with Crippen molar-refractivity contribution in [2.75, 3.05) is 0 Å². The molecule has 0 fully saturated rings. The van der Waals surface area contributed by atoms with E-state index in [2.05, 4.69) is 86.6 Å². The Kier molecular flexibility index (Phi) is 7.56. The minimum Gasteiger partial charge on any atom is -1.00 e. The zero-order valence-electron chi connectivity index (χ0n) is 18.3. The van der Waals surface area contributed by atoms with E-state index in [0.717, 1.165) is 19.3 Å². The van der Waals surface area contributed by atoms with Crippen molar-refractivity contribution < 1.29 is 51.0 Å². The predicted octanol–water partition coefficient (Wildman–Crippen LogP) is 1.04. The van der Waals surface area contributed by atoms with Crippen LogP contribution in [-0.2, 0) is 45.5 Å². The fourth-order valence-corrected chi connectivity index (χ4v) is 5.41. The first-order chi connectivity index (χ1) is 14.2. The molecule has 0 aliphatic heterocycles. The van der Waals surface area contributed by atoms with Crippen molar-refractivity contribution in [2.24, 2.45) is 0 Å². The molecule has 0 saturated carbocycles. The molecule has 0 radical (unpaired) electrons. The van der Waals surface area contributed by atoms with Gasteiger partial charge >= 0.3 is 26.2 Å². The van der Waals surface area contributed by atoms with E-state index in [1.165, 1.54) is 66.8 Å². The number of fused-ring (bicyclic) bond motifs is 6. The Morgan fingerprint density at radius 1 is 0.531 bits per heavy atom. The number of halogens is 2. The van der Waals surface area contributed by atoms with Gasteiger partial charge in [0.05, 0.1) is 0 Å². The van der Waals surface area contributed by atoms with E-state index in [4.69, 9.17) is 0 Å². The molecule has 0 aromatic heterocycles. The maximum Gasteiger partial charge on any atom is 2.00 e. The van der Waals surface area contributed by atoms with E-state index in [9.17, 15) is 0 Å². The molecule has 0 heterocycles. The van der Waals surface area contributed by atoms with Crippen LogP contribution in [-0.4, -0.2) is 0 Å². The predicted molar refractivity (Wildman–Crippen MR) is 122 cm³/mol. The molecule has 0 bridgehead atoms. The topological polar surface area (TPSA) is 0 Å². The molecule has 0 spiro atoms. The van der Waals surface area contributed by atoms with Crippen molar-refractivity contribution in [1.29, 1.82) is 0 Å². The van der Waals surface area contributed by atoms with E-state index >= 15 is 0 Å². The maximum atomic E-state index is 2.36. The molecule has 4 aromatic rings. The summed E-state index contributed by atoms with van der Waals surface area (Å²) in [5.41, 5.74) is 17.6. The van der Waals surface area contributed by atoms with Crippen LogP contribution < -0.4 is 24.8 Å². The average molecular weight is 535 g/mol. The Labute approximate surface area is 222 Å². The number of benzene rings is 4. The van der Waals surface area contributed by atoms with Gasteiger partial charge in [-0.15, -0.1) is 0 Å². The van der Waals surface area contributed by atoms with E-state index in [-0.39, 0.29) is 51.0 Å². The molecule has 0 amide bonds. The van der Waals surface area contributed by atoms with E-state index in [1.807, 2.05) is 0 Å². The molecule has 0 atom stereocenters. The second kappa shape index (κ2) is 9.68. The number of rotatable bonds is 2. The molecule has 32 heavy (non-hydrogen) atoms. The summed E-state index contributed by atoms with van der Waals surface area (Å²) in [6.07, 6.45) is 3.16. The molecule has 158 valence electrons. The monoisotopic (exact) mass is 532 g/mol. The Morgan fingerprint density at radius 2 is 0.938 bits per heavy atom. The van der Waals surface area contributed by atoms with Crippen LogP contribution in [0.5, 0.6) is 0 Å². The van der Waals surface area contributed by atoms with Crippen LogP contribution in [0, 0.1) is 13.8 Å². The third-order valence-corrected chi connectivity index (χ3v) is 7.15. The summed E-state index contributed by atoms with van der Waals surface area (Å²) in [6, 6.07) is 27.1. The van der Waals surface area contributed by atoms with Gasteiger partial charge < -0.3 is 24.8 Å². The first-order valence-electron chi connectivity index (χ1n) is 10.6. The molecule has 0 N–H and O–H groups in total. The Bertz CT molecular complexity index is 1210. The zero-order chi connectivity index (χ0) is 19.5. The summed E-state index contributed by atoms with van der Waals surface area (Å²) in [6.45, 7) is 4.64. The molecule has 3 heteroatoms. The van der Waals surface area contributed by atoms with Gasteiger partial charge in [-0.3, -0.25) is 0 Å². The second-order valence-corrected chi connectivity index (χ2v) is 8.60. The van der Waals surface area contributed by atoms with Gasteiger partial charge in [0.2, 0.25) is 0 Å². The summed E-state index contributed by atoms with van der Waals surface area (Å²) < 4.78 is 0. The molecular weight excluding hydrogens is 510 g/mol. The average Bonchev–Trinajstić information content (AvgIpc) is 3.31. The first kappa shape index (κ1) is 25.0. The number of hydrogen-bond donors (Lipinski definition) is 0. The zero-order valence-corrected chi connectivity index (χ0v) is 22.3. The van der Waals surface area contributed by atoms with Crippen molar-refractivity contribution in [3.05, 3.63) is 117 Å². The molecule has 6 rings (SSSR count). The quantitative estimate of drug-likeness (QED) is 0.312. The van der Waals surface area contributed by atoms with Crippen LogP contribution in [0.3, 0.4) is 0 Å².